The van der Waals surface area contributed by atoms with Crippen molar-refractivity contribution < 1.29 is 14.6 Å². The molecule has 1 aliphatic rings. The van der Waals surface area contributed by atoms with E-state index < -0.39 is 0 Å². The van der Waals surface area contributed by atoms with Crippen LogP contribution in [0, 0.1) is 11.8 Å². The van der Waals surface area contributed by atoms with E-state index in [1.54, 1.807) is 18.2 Å². The summed E-state index contributed by atoms with van der Waals surface area (Å²) in [7, 11) is 0. The lowest BCUT2D eigenvalue weighted by Gasteiger charge is -2.17. The van der Waals surface area contributed by atoms with Gasteiger partial charge in [0.05, 0.1) is 5.02 Å². The van der Waals surface area contributed by atoms with Gasteiger partial charge < -0.3 is 15.2 Å². The van der Waals surface area contributed by atoms with Gasteiger partial charge in [0.2, 0.25) is 0 Å². The van der Waals surface area contributed by atoms with E-state index in [0.717, 1.165) is 19.3 Å². The molecule has 116 valence electrons. The highest BCUT2D eigenvalue weighted by atomic mass is 35.5. The summed E-state index contributed by atoms with van der Waals surface area (Å²) in [6.45, 7) is 0.692. The van der Waals surface area contributed by atoms with E-state index in [1.165, 1.54) is 0 Å². The van der Waals surface area contributed by atoms with Crippen molar-refractivity contribution in [3.05, 3.63) is 28.2 Å². The van der Waals surface area contributed by atoms with Crippen LogP contribution >= 0.6 is 23.2 Å². The Balaban J connectivity index is 1.74. The number of aliphatic hydroxyl groups is 1. The first-order valence-electron chi connectivity index (χ1n) is 7.05. The quantitative estimate of drug-likeness (QED) is 0.842. The average Bonchev–Trinajstić information content (AvgIpc) is 2.91. The summed E-state index contributed by atoms with van der Waals surface area (Å²) in [6.07, 6.45) is 3.20. The summed E-state index contributed by atoms with van der Waals surface area (Å²) in [6, 6.07) is 4.86. The van der Waals surface area contributed by atoms with E-state index in [-0.39, 0.29) is 19.1 Å². The molecule has 1 fully saturated rings. The molecule has 0 aromatic heterocycles. The molecule has 1 amide bonds. The minimum absolute atomic E-state index is 0.0855. The van der Waals surface area contributed by atoms with Gasteiger partial charge >= 0.3 is 0 Å². The molecule has 0 aliphatic heterocycles. The number of hydrogen-bond donors (Lipinski definition) is 2. The summed E-state index contributed by atoms with van der Waals surface area (Å²) in [5, 5.41) is 13.0. The molecule has 2 N–H and O–H groups in total. The van der Waals surface area contributed by atoms with Crippen molar-refractivity contribution in [1.82, 2.24) is 5.32 Å². The van der Waals surface area contributed by atoms with Gasteiger partial charge in [-0.1, -0.05) is 29.6 Å². The number of ether oxygens (including phenoxy) is 1. The van der Waals surface area contributed by atoms with Gasteiger partial charge in [0.25, 0.3) is 5.91 Å². The van der Waals surface area contributed by atoms with Gasteiger partial charge in [0.1, 0.15) is 5.75 Å². The lowest BCUT2D eigenvalue weighted by Crippen LogP contribution is -2.34. The highest BCUT2D eigenvalue weighted by Gasteiger charge is 2.26. The lowest BCUT2D eigenvalue weighted by molar-refractivity contribution is -0.123. The SMILES string of the molecule is O=C(COc1ccc(Cl)cc1Cl)NCC1CCCC1CO. The van der Waals surface area contributed by atoms with E-state index in [0.29, 0.717) is 34.2 Å². The number of amides is 1. The van der Waals surface area contributed by atoms with Crippen molar-refractivity contribution in [2.45, 2.75) is 19.3 Å². The van der Waals surface area contributed by atoms with Crippen molar-refractivity contribution >= 4 is 29.1 Å². The van der Waals surface area contributed by atoms with Crippen LogP contribution in [0.4, 0.5) is 0 Å². The highest BCUT2D eigenvalue weighted by Crippen LogP contribution is 2.30. The number of halogens is 2. The van der Waals surface area contributed by atoms with Gasteiger partial charge in [0.15, 0.2) is 6.61 Å². The van der Waals surface area contributed by atoms with Gasteiger partial charge in [-0.15, -0.1) is 0 Å². The maximum atomic E-state index is 11.8. The molecule has 2 unspecified atom stereocenters. The Morgan fingerprint density at radius 2 is 2.10 bits per heavy atom. The van der Waals surface area contributed by atoms with Crippen LogP contribution in [0.1, 0.15) is 19.3 Å². The number of rotatable bonds is 6. The third kappa shape index (κ3) is 4.77. The average molecular weight is 332 g/mol. The Bertz CT molecular complexity index is 496. The van der Waals surface area contributed by atoms with Crippen LogP contribution in [-0.4, -0.2) is 30.8 Å². The van der Waals surface area contributed by atoms with E-state index in [9.17, 15) is 9.90 Å². The molecule has 21 heavy (non-hydrogen) atoms. The van der Waals surface area contributed by atoms with E-state index in [4.69, 9.17) is 27.9 Å². The number of hydrogen-bond acceptors (Lipinski definition) is 3. The smallest absolute Gasteiger partial charge is 0.257 e. The van der Waals surface area contributed by atoms with E-state index in [1.807, 2.05) is 0 Å². The maximum absolute atomic E-state index is 11.8. The topological polar surface area (TPSA) is 58.6 Å². The van der Waals surface area contributed by atoms with Crippen LogP contribution in [0.15, 0.2) is 18.2 Å². The predicted octanol–water partition coefficient (Wildman–Crippen LogP) is 2.90. The van der Waals surface area contributed by atoms with E-state index in [2.05, 4.69) is 5.32 Å². The highest BCUT2D eigenvalue weighted by molar-refractivity contribution is 6.35. The second-order valence-corrected chi connectivity index (χ2v) is 6.14. The number of aliphatic hydroxyl groups excluding tert-OH is 1. The lowest BCUT2D eigenvalue weighted by atomic mass is 9.97. The van der Waals surface area contributed by atoms with Gasteiger partial charge in [0, 0.05) is 18.2 Å². The zero-order valence-corrected chi connectivity index (χ0v) is 13.2. The summed E-state index contributed by atoms with van der Waals surface area (Å²) < 4.78 is 5.37. The molecule has 0 bridgehead atoms. The first-order chi connectivity index (χ1) is 10.1. The Morgan fingerprint density at radius 3 is 2.81 bits per heavy atom. The fraction of sp³-hybridized carbons (Fsp3) is 0.533. The van der Waals surface area contributed by atoms with Crippen LogP contribution in [0.5, 0.6) is 5.75 Å². The largest absolute Gasteiger partial charge is 0.482 e. The van der Waals surface area contributed by atoms with Crippen LogP contribution < -0.4 is 10.1 Å². The van der Waals surface area contributed by atoms with Crippen molar-refractivity contribution in [1.29, 1.82) is 0 Å². The van der Waals surface area contributed by atoms with Crippen molar-refractivity contribution in [3.8, 4) is 5.75 Å². The summed E-state index contributed by atoms with van der Waals surface area (Å²) in [4.78, 5) is 11.8. The van der Waals surface area contributed by atoms with Gasteiger partial charge in [-0.3, -0.25) is 4.79 Å². The monoisotopic (exact) mass is 331 g/mol. The molecule has 1 aliphatic carbocycles. The fourth-order valence-corrected chi connectivity index (χ4v) is 3.12. The molecule has 0 heterocycles. The Kier molecular flexibility index (Phi) is 6.15. The minimum Gasteiger partial charge on any atom is -0.482 e. The molecule has 2 atom stereocenters. The molecule has 0 saturated heterocycles. The molecule has 4 nitrogen and oxygen atoms in total. The maximum Gasteiger partial charge on any atom is 0.257 e. The second-order valence-electron chi connectivity index (χ2n) is 5.30. The zero-order valence-electron chi connectivity index (χ0n) is 11.6. The molecule has 0 spiro atoms. The summed E-state index contributed by atoms with van der Waals surface area (Å²) in [5.74, 6) is 0.907. The summed E-state index contributed by atoms with van der Waals surface area (Å²) >= 11 is 11.8. The molecule has 2 rings (SSSR count). The van der Waals surface area contributed by atoms with Gasteiger partial charge in [-0.25, -0.2) is 0 Å². The summed E-state index contributed by atoms with van der Waals surface area (Å²) in [5.41, 5.74) is 0. The Hall–Kier alpha value is -0.970. The van der Waals surface area contributed by atoms with Crippen LogP contribution in [0.25, 0.3) is 0 Å². The number of carbonyl (C=O) groups excluding carboxylic acids is 1. The number of nitrogens with one attached hydrogen (secondary N) is 1. The molecule has 1 aromatic carbocycles. The van der Waals surface area contributed by atoms with Crippen molar-refractivity contribution in [2.24, 2.45) is 11.8 Å². The van der Waals surface area contributed by atoms with Crippen molar-refractivity contribution in [2.75, 3.05) is 19.8 Å². The predicted molar refractivity (Wildman–Crippen MR) is 82.9 cm³/mol. The number of benzene rings is 1. The van der Waals surface area contributed by atoms with Crippen LogP contribution in [0.2, 0.25) is 10.0 Å². The van der Waals surface area contributed by atoms with Gasteiger partial charge in [-0.2, -0.15) is 0 Å². The molecule has 1 saturated carbocycles. The molecular weight excluding hydrogens is 313 g/mol. The van der Waals surface area contributed by atoms with Crippen LogP contribution in [-0.2, 0) is 4.79 Å². The third-order valence-corrected chi connectivity index (χ3v) is 4.40. The normalized spacial score (nSPS) is 21.3. The first-order valence-corrected chi connectivity index (χ1v) is 7.81. The number of carbonyl (C=O) groups is 1. The zero-order chi connectivity index (χ0) is 15.2. The molecule has 0 radical (unpaired) electrons. The molecular formula is C15H19Cl2NO3. The van der Waals surface area contributed by atoms with Gasteiger partial charge in [-0.05, 0) is 42.9 Å². The Labute approximate surface area is 134 Å². The second kappa shape index (κ2) is 7.87. The third-order valence-electron chi connectivity index (χ3n) is 3.87. The van der Waals surface area contributed by atoms with Crippen LogP contribution in [0.3, 0.4) is 0 Å². The Morgan fingerprint density at radius 1 is 1.33 bits per heavy atom. The molecule has 6 heteroatoms. The van der Waals surface area contributed by atoms with E-state index >= 15 is 0 Å². The first kappa shape index (κ1) is 16.4. The van der Waals surface area contributed by atoms with Crippen molar-refractivity contribution in [3.63, 3.8) is 0 Å². The standard InChI is InChI=1S/C15H19Cl2NO3/c16-12-4-5-14(13(17)6-12)21-9-15(20)18-7-10-2-1-3-11(10)8-19/h4-6,10-11,19H,1-3,7-9H2,(H,18,20). The minimum atomic E-state index is -0.190. The fourth-order valence-electron chi connectivity index (χ4n) is 2.65. The molecule has 1 aromatic rings.